The normalized spacial score (nSPS) is 13.3. The van der Waals surface area contributed by atoms with Crippen LogP contribution in [0.25, 0.3) is 10.8 Å². The Morgan fingerprint density at radius 1 is 0.926 bits per heavy atom. The quantitative estimate of drug-likeness (QED) is 0.222. The van der Waals surface area contributed by atoms with Crippen LogP contribution in [0.3, 0.4) is 0 Å². The molecule has 0 fully saturated rings. The van der Waals surface area contributed by atoms with Gasteiger partial charge in [0.15, 0.2) is 0 Å². The van der Waals surface area contributed by atoms with Crippen molar-refractivity contribution in [1.82, 2.24) is 10.3 Å². The molecule has 0 radical (unpaired) electrons. The zero-order valence-electron chi connectivity index (χ0n) is 14.8. The molecule has 0 atom stereocenters. The molecule has 142 valence electrons. The lowest BCUT2D eigenvalue weighted by Crippen LogP contribution is -2.42. The molecule has 0 unspecified atom stereocenters. The first kappa shape index (κ1) is 19.0. The van der Waals surface area contributed by atoms with Gasteiger partial charge in [-0.15, -0.1) is 0 Å². The SMILES string of the molecule is NNC(=O)CCOCCOCCN1C(=O)c2cccc3cccc(c23)C1=O. The molecule has 0 bridgehead atoms. The lowest BCUT2D eigenvalue weighted by Gasteiger charge is -2.27. The number of carbonyl (C=O) groups is 3. The summed E-state index contributed by atoms with van der Waals surface area (Å²) in [5.41, 5.74) is 3.08. The molecule has 0 saturated heterocycles. The molecule has 3 N–H and O–H groups in total. The first-order valence-electron chi connectivity index (χ1n) is 8.66. The van der Waals surface area contributed by atoms with Gasteiger partial charge < -0.3 is 9.47 Å². The minimum atomic E-state index is -0.308. The fourth-order valence-corrected chi connectivity index (χ4v) is 3.00. The Morgan fingerprint density at radius 2 is 1.52 bits per heavy atom. The van der Waals surface area contributed by atoms with E-state index < -0.39 is 0 Å². The van der Waals surface area contributed by atoms with E-state index in [4.69, 9.17) is 15.3 Å². The van der Waals surface area contributed by atoms with Gasteiger partial charge in [-0.3, -0.25) is 24.7 Å². The Kier molecular flexibility index (Phi) is 6.12. The number of hydrazine groups is 1. The number of nitrogens with one attached hydrogen (secondary N) is 1. The number of hydrogen-bond donors (Lipinski definition) is 2. The van der Waals surface area contributed by atoms with E-state index in [-0.39, 0.29) is 43.9 Å². The molecule has 8 heteroatoms. The van der Waals surface area contributed by atoms with E-state index in [1.54, 1.807) is 12.1 Å². The average molecular weight is 371 g/mol. The molecular weight excluding hydrogens is 350 g/mol. The minimum Gasteiger partial charge on any atom is -0.379 e. The summed E-state index contributed by atoms with van der Waals surface area (Å²) in [6.07, 6.45) is 0.179. The summed E-state index contributed by atoms with van der Waals surface area (Å²) in [6.45, 7) is 1.23. The molecule has 1 heterocycles. The molecule has 3 amide bonds. The second-order valence-electron chi connectivity index (χ2n) is 6.01. The van der Waals surface area contributed by atoms with Crippen molar-refractivity contribution >= 4 is 28.5 Å². The Hall–Kier alpha value is -2.81. The van der Waals surface area contributed by atoms with E-state index in [0.29, 0.717) is 29.7 Å². The van der Waals surface area contributed by atoms with Crippen LogP contribution in [0.15, 0.2) is 36.4 Å². The van der Waals surface area contributed by atoms with Gasteiger partial charge in [0.2, 0.25) is 5.91 Å². The number of nitrogens with two attached hydrogens (primary N) is 1. The molecule has 0 spiro atoms. The van der Waals surface area contributed by atoms with Crippen LogP contribution in [0, 0.1) is 0 Å². The van der Waals surface area contributed by atoms with E-state index in [0.717, 1.165) is 5.39 Å². The monoisotopic (exact) mass is 371 g/mol. The molecule has 2 aromatic rings. The number of amides is 3. The van der Waals surface area contributed by atoms with Crippen molar-refractivity contribution in [3.05, 3.63) is 47.5 Å². The van der Waals surface area contributed by atoms with Gasteiger partial charge in [-0.2, -0.15) is 0 Å². The Bertz CT molecular complexity index is 817. The van der Waals surface area contributed by atoms with Crippen LogP contribution in [0.4, 0.5) is 0 Å². The van der Waals surface area contributed by atoms with Gasteiger partial charge in [0.05, 0.1) is 39.4 Å². The van der Waals surface area contributed by atoms with Crippen molar-refractivity contribution in [1.29, 1.82) is 0 Å². The highest BCUT2D eigenvalue weighted by Gasteiger charge is 2.32. The smallest absolute Gasteiger partial charge is 0.261 e. The van der Waals surface area contributed by atoms with Crippen LogP contribution in [-0.4, -0.2) is 55.6 Å². The van der Waals surface area contributed by atoms with Crippen molar-refractivity contribution in [3.63, 3.8) is 0 Å². The van der Waals surface area contributed by atoms with Gasteiger partial charge in [0, 0.05) is 16.5 Å². The third-order valence-electron chi connectivity index (χ3n) is 4.32. The zero-order chi connectivity index (χ0) is 19.2. The highest BCUT2D eigenvalue weighted by molar-refractivity contribution is 6.25. The Balaban J connectivity index is 1.50. The molecular formula is C19H21N3O5. The van der Waals surface area contributed by atoms with E-state index in [9.17, 15) is 14.4 Å². The summed E-state index contributed by atoms with van der Waals surface area (Å²) < 4.78 is 10.7. The standard InChI is InChI=1S/C19H21N3O5/c20-21-16(23)7-9-26-11-12-27-10-8-22-18(24)14-5-1-3-13-4-2-6-15(17(13)14)19(22)25/h1-6H,7-12,20H2,(H,21,23). The number of carbonyl (C=O) groups excluding carboxylic acids is 3. The number of ether oxygens (including phenoxy) is 2. The van der Waals surface area contributed by atoms with E-state index in [2.05, 4.69) is 0 Å². The summed E-state index contributed by atoms with van der Waals surface area (Å²) in [5.74, 6) is 4.05. The minimum absolute atomic E-state index is 0.165. The number of benzene rings is 2. The number of imide groups is 1. The Morgan fingerprint density at radius 3 is 2.11 bits per heavy atom. The van der Waals surface area contributed by atoms with E-state index >= 15 is 0 Å². The lowest BCUT2D eigenvalue weighted by molar-refractivity contribution is -0.122. The van der Waals surface area contributed by atoms with Crippen LogP contribution in [0.2, 0.25) is 0 Å². The third kappa shape index (κ3) is 4.13. The van der Waals surface area contributed by atoms with E-state index in [1.165, 1.54) is 4.90 Å². The summed E-state index contributed by atoms with van der Waals surface area (Å²) >= 11 is 0. The van der Waals surface area contributed by atoms with Crippen molar-refractivity contribution in [3.8, 4) is 0 Å². The molecule has 0 aromatic heterocycles. The molecule has 0 aliphatic carbocycles. The van der Waals surface area contributed by atoms with Crippen molar-refractivity contribution in [2.45, 2.75) is 6.42 Å². The topological polar surface area (TPSA) is 111 Å². The van der Waals surface area contributed by atoms with Gasteiger partial charge in [0.25, 0.3) is 11.8 Å². The number of nitrogens with zero attached hydrogens (tertiary/aromatic N) is 1. The van der Waals surface area contributed by atoms with Crippen LogP contribution < -0.4 is 11.3 Å². The molecule has 27 heavy (non-hydrogen) atoms. The zero-order valence-corrected chi connectivity index (χ0v) is 14.8. The Labute approximate surface area is 156 Å². The van der Waals surface area contributed by atoms with Gasteiger partial charge in [-0.25, -0.2) is 5.84 Å². The predicted molar refractivity (Wildman–Crippen MR) is 97.9 cm³/mol. The molecule has 3 rings (SSSR count). The summed E-state index contributed by atoms with van der Waals surface area (Å²) in [7, 11) is 0. The first-order valence-corrected chi connectivity index (χ1v) is 8.66. The van der Waals surface area contributed by atoms with Crippen LogP contribution in [0.5, 0.6) is 0 Å². The second-order valence-corrected chi connectivity index (χ2v) is 6.01. The molecule has 1 aliphatic heterocycles. The first-order chi connectivity index (χ1) is 13.1. The van der Waals surface area contributed by atoms with Gasteiger partial charge in [-0.05, 0) is 17.5 Å². The largest absolute Gasteiger partial charge is 0.379 e. The molecule has 1 aliphatic rings. The van der Waals surface area contributed by atoms with Crippen LogP contribution in [0.1, 0.15) is 27.1 Å². The van der Waals surface area contributed by atoms with Crippen molar-refractivity contribution < 1.29 is 23.9 Å². The van der Waals surface area contributed by atoms with E-state index in [1.807, 2.05) is 29.7 Å². The van der Waals surface area contributed by atoms with Gasteiger partial charge in [0.1, 0.15) is 0 Å². The fraction of sp³-hybridized carbons (Fsp3) is 0.316. The van der Waals surface area contributed by atoms with Crippen molar-refractivity contribution in [2.24, 2.45) is 5.84 Å². The number of rotatable bonds is 9. The van der Waals surface area contributed by atoms with Crippen LogP contribution in [-0.2, 0) is 14.3 Å². The third-order valence-corrected chi connectivity index (χ3v) is 4.32. The molecule has 8 nitrogen and oxygen atoms in total. The summed E-state index contributed by atoms with van der Waals surface area (Å²) in [6, 6.07) is 10.9. The fourth-order valence-electron chi connectivity index (χ4n) is 3.00. The second kappa shape index (κ2) is 8.72. The highest BCUT2D eigenvalue weighted by Crippen LogP contribution is 2.29. The van der Waals surface area contributed by atoms with Gasteiger partial charge >= 0.3 is 0 Å². The molecule has 0 saturated carbocycles. The molecule has 2 aromatic carbocycles. The summed E-state index contributed by atoms with van der Waals surface area (Å²) in [4.78, 5) is 37.5. The average Bonchev–Trinajstić information content (AvgIpc) is 2.69. The van der Waals surface area contributed by atoms with Gasteiger partial charge in [-0.1, -0.05) is 24.3 Å². The maximum absolute atomic E-state index is 12.7. The lowest BCUT2D eigenvalue weighted by atomic mass is 9.94. The maximum atomic E-state index is 12.7. The summed E-state index contributed by atoms with van der Waals surface area (Å²) in [5, 5.41) is 1.59. The van der Waals surface area contributed by atoms with Crippen LogP contribution >= 0.6 is 0 Å². The number of hydrogen-bond acceptors (Lipinski definition) is 6. The van der Waals surface area contributed by atoms with Crippen molar-refractivity contribution in [2.75, 3.05) is 33.0 Å². The highest BCUT2D eigenvalue weighted by atomic mass is 16.5. The maximum Gasteiger partial charge on any atom is 0.261 e. The predicted octanol–water partition coefficient (Wildman–Crippen LogP) is 0.849.